The normalized spacial score (nSPS) is 28.5. The zero-order valence-electron chi connectivity index (χ0n) is 9.29. The Hall–Kier alpha value is -0.610. The third-order valence-electron chi connectivity index (χ3n) is 3.40. The predicted octanol–water partition coefficient (Wildman–Crippen LogP) is 0.137. The largest absolute Gasteiger partial charge is 0.381 e. The van der Waals surface area contributed by atoms with Gasteiger partial charge in [0.25, 0.3) is 0 Å². The number of nitrogens with one attached hydrogen (secondary N) is 2. The van der Waals surface area contributed by atoms with Crippen molar-refractivity contribution in [3.63, 3.8) is 0 Å². The van der Waals surface area contributed by atoms with Crippen LogP contribution in [0.4, 0.5) is 0 Å². The van der Waals surface area contributed by atoms with Crippen molar-refractivity contribution in [1.82, 2.24) is 10.6 Å². The molecule has 0 aliphatic carbocycles. The number of carbonyl (C=O) groups excluding carboxylic acids is 1. The molecule has 0 radical (unpaired) electrons. The van der Waals surface area contributed by atoms with E-state index in [9.17, 15) is 4.79 Å². The fraction of sp³-hybridized carbons (Fsp3) is 0.909. The van der Waals surface area contributed by atoms with Crippen molar-refractivity contribution in [2.45, 2.75) is 25.8 Å². The molecule has 0 aromatic heterocycles. The maximum absolute atomic E-state index is 11.6. The van der Waals surface area contributed by atoms with E-state index in [2.05, 4.69) is 17.6 Å². The van der Waals surface area contributed by atoms with Gasteiger partial charge in [-0.1, -0.05) is 0 Å². The lowest BCUT2D eigenvalue weighted by atomic mass is 9.97. The van der Waals surface area contributed by atoms with Gasteiger partial charge < -0.3 is 15.4 Å². The second-order valence-electron chi connectivity index (χ2n) is 4.71. The van der Waals surface area contributed by atoms with Gasteiger partial charge >= 0.3 is 0 Å². The van der Waals surface area contributed by atoms with Crippen LogP contribution in [0, 0.1) is 11.8 Å². The fourth-order valence-electron chi connectivity index (χ4n) is 2.13. The summed E-state index contributed by atoms with van der Waals surface area (Å²) in [4.78, 5) is 11.6. The molecule has 86 valence electrons. The Labute approximate surface area is 90.8 Å². The van der Waals surface area contributed by atoms with Crippen molar-refractivity contribution >= 4 is 5.91 Å². The van der Waals surface area contributed by atoms with Crippen LogP contribution in [0.2, 0.25) is 0 Å². The van der Waals surface area contributed by atoms with Gasteiger partial charge in [0.05, 0.1) is 6.61 Å². The summed E-state index contributed by atoms with van der Waals surface area (Å²) in [6, 6.07) is 0.257. The molecular formula is C11H20N2O2. The van der Waals surface area contributed by atoms with Crippen molar-refractivity contribution in [2.24, 2.45) is 11.8 Å². The molecule has 1 amide bonds. The monoisotopic (exact) mass is 212 g/mol. The van der Waals surface area contributed by atoms with Gasteiger partial charge in [-0.2, -0.15) is 0 Å². The van der Waals surface area contributed by atoms with E-state index in [0.717, 1.165) is 32.7 Å². The molecule has 4 heteroatoms. The first-order valence-electron chi connectivity index (χ1n) is 5.83. The lowest BCUT2D eigenvalue weighted by Gasteiger charge is -2.27. The second kappa shape index (κ2) is 4.94. The van der Waals surface area contributed by atoms with E-state index >= 15 is 0 Å². The Morgan fingerprint density at radius 3 is 2.93 bits per heavy atom. The van der Waals surface area contributed by atoms with Crippen LogP contribution >= 0.6 is 0 Å². The molecule has 2 fully saturated rings. The molecule has 2 saturated heterocycles. The lowest BCUT2D eigenvalue weighted by Crippen LogP contribution is -2.46. The minimum atomic E-state index is 0.195. The predicted molar refractivity (Wildman–Crippen MR) is 57.5 cm³/mol. The van der Waals surface area contributed by atoms with Crippen LogP contribution in [0.3, 0.4) is 0 Å². The van der Waals surface area contributed by atoms with Crippen molar-refractivity contribution in [3.05, 3.63) is 0 Å². The van der Waals surface area contributed by atoms with E-state index in [4.69, 9.17) is 4.74 Å². The van der Waals surface area contributed by atoms with Crippen LogP contribution < -0.4 is 10.6 Å². The van der Waals surface area contributed by atoms with Gasteiger partial charge in [-0.15, -0.1) is 0 Å². The van der Waals surface area contributed by atoms with Crippen LogP contribution in [0.1, 0.15) is 19.8 Å². The Morgan fingerprint density at radius 1 is 1.60 bits per heavy atom. The minimum Gasteiger partial charge on any atom is -0.381 e. The second-order valence-corrected chi connectivity index (χ2v) is 4.71. The molecule has 0 aromatic carbocycles. The highest BCUT2D eigenvalue weighted by Crippen LogP contribution is 2.17. The number of amides is 1. The average Bonchev–Trinajstić information content (AvgIpc) is 2.64. The van der Waals surface area contributed by atoms with Gasteiger partial charge in [0.2, 0.25) is 5.91 Å². The van der Waals surface area contributed by atoms with E-state index in [-0.39, 0.29) is 11.9 Å². The maximum atomic E-state index is 11.6. The third kappa shape index (κ3) is 2.92. The summed E-state index contributed by atoms with van der Waals surface area (Å²) in [5, 5.41) is 6.25. The lowest BCUT2D eigenvalue weighted by molar-refractivity contribution is -0.123. The van der Waals surface area contributed by atoms with Gasteiger partial charge in [-0.05, 0) is 32.4 Å². The quantitative estimate of drug-likeness (QED) is 0.697. The van der Waals surface area contributed by atoms with E-state index in [1.807, 2.05) is 0 Å². The highest BCUT2D eigenvalue weighted by Gasteiger charge is 2.25. The first-order valence-corrected chi connectivity index (χ1v) is 5.83. The number of carbonyl (C=O) groups is 1. The molecule has 2 aliphatic rings. The summed E-state index contributed by atoms with van der Waals surface area (Å²) in [5.41, 5.74) is 0. The molecule has 0 aromatic rings. The van der Waals surface area contributed by atoms with Crippen LogP contribution in [-0.4, -0.2) is 38.3 Å². The van der Waals surface area contributed by atoms with Crippen LogP contribution in [0.25, 0.3) is 0 Å². The first-order chi connectivity index (χ1) is 7.25. The molecule has 15 heavy (non-hydrogen) atoms. The van der Waals surface area contributed by atoms with E-state index in [1.165, 1.54) is 0 Å². The van der Waals surface area contributed by atoms with Gasteiger partial charge in [-0.3, -0.25) is 4.79 Å². The molecule has 0 bridgehead atoms. The summed E-state index contributed by atoms with van der Waals surface area (Å²) in [5.74, 6) is 1.26. The van der Waals surface area contributed by atoms with Gasteiger partial charge in [0.1, 0.15) is 0 Å². The van der Waals surface area contributed by atoms with Crippen molar-refractivity contribution in [3.8, 4) is 0 Å². The molecule has 2 unspecified atom stereocenters. The molecule has 2 rings (SSSR count). The number of hydrogen-bond donors (Lipinski definition) is 2. The summed E-state index contributed by atoms with van der Waals surface area (Å²) < 4.78 is 5.31. The van der Waals surface area contributed by atoms with Crippen LogP contribution in [0.5, 0.6) is 0 Å². The van der Waals surface area contributed by atoms with Crippen molar-refractivity contribution in [1.29, 1.82) is 0 Å². The molecule has 4 nitrogen and oxygen atoms in total. The topological polar surface area (TPSA) is 50.4 Å². The first kappa shape index (κ1) is 10.9. The maximum Gasteiger partial charge on any atom is 0.220 e. The summed E-state index contributed by atoms with van der Waals surface area (Å²) >= 11 is 0. The molecule has 2 aliphatic heterocycles. The number of rotatable bonds is 4. The number of ether oxygens (including phenoxy) is 1. The van der Waals surface area contributed by atoms with Gasteiger partial charge in [0, 0.05) is 25.0 Å². The molecule has 0 saturated carbocycles. The van der Waals surface area contributed by atoms with Crippen molar-refractivity contribution in [2.75, 3.05) is 26.3 Å². The zero-order chi connectivity index (χ0) is 10.7. The highest BCUT2D eigenvalue weighted by atomic mass is 16.5. The SMILES string of the molecule is CC(NC(=O)CC1CNC1)C1CCOC1. The minimum absolute atomic E-state index is 0.195. The zero-order valence-corrected chi connectivity index (χ0v) is 9.29. The van der Waals surface area contributed by atoms with E-state index in [1.54, 1.807) is 0 Å². The van der Waals surface area contributed by atoms with Gasteiger partial charge in [0.15, 0.2) is 0 Å². The number of hydrogen-bond acceptors (Lipinski definition) is 3. The van der Waals surface area contributed by atoms with E-state index in [0.29, 0.717) is 18.3 Å². The Balaban J connectivity index is 1.67. The van der Waals surface area contributed by atoms with Crippen LogP contribution in [-0.2, 0) is 9.53 Å². The van der Waals surface area contributed by atoms with E-state index < -0.39 is 0 Å². The summed E-state index contributed by atoms with van der Waals surface area (Å²) in [6.07, 6.45) is 1.75. The summed E-state index contributed by atoms with van der Waals surface area (Å²) in [6.45, 7) is 5.71. The average molecular weight is 212 g/mol. The molecule has 2 atom stereocenters. The van der Waals surface area contributed by atoms with Crippen LogP contribution in [0.15, 0.2) is 0 Å². The van der Waals surface area contributed by atoms with Crippen molar-refractivity contribution < 1.29 is 9.53 Å². The Bertz CT molecular complexity index is 223. The molecule has 2 N–H and O–H groups in total. The molecular weight excluding hydrogens is 192 g/mol. The standard InChI is InChI=1S/C11H20N2O2/c1-8(10-2-3-15-7-10)13-11(14)4-9-5-12-6-9/h8-10,12H,2-7H2,1H3,(H,13,14). The van der Waals surface area contributed by atoms with Gasteiger partial charge in [-0.25, -0.2) is 0 Å². The smallest absolute Gasteiger partial charge is 0.220 e. The molecule has 2 heterocycles. The summed E-state index contributed by atoms with van der Waals surface area (Å²) in [7, 11) is 0. The fourth-order valence-corrected chi connectivity index (χ4v) is 2.13. The highest BCUT2D eigenvalue weighted by molar-refractivity contribution is 5.76. The Kier molecular flexibility index (Phi) is 3.59. The third-order valence-corrected chi connectivity index (χ3v) is 3.40. The Morgan fingerprint density at radius 2 is 2.40 bits per heavy atom. The molecule has 0 spiro atoms.